The van der Waals surface area contributed by atoms with Crippen LogP contribution in [0.25, 0.3) is 0 Å². The maximum absolute atomic E-state index is 12.3. The van der Waals surface area contributed by atoms with Crippen LogP contribution < -0.4 is 15.4 Å². The summed E-state index contributed by atoms with van der Waals surface area (Å²) in [5.74, 6) is 0.930. The van der Waals surface area contributed by atoms with Crippen LogP contribution in [0.1, 0.15) is 38.2 Å². The number of carbonyl (C=O) groups excluding carboxylic acids is 1. The molecule has 1 saturated heterocycles. The second-order valence-electron chi connectivity index (χ2n) is 7.65. The third-order valence-corrected chi connectivity index (χ3v) is 6.56. The van der Waals surface area contributed by atoms with E-state index in [9.17, 15) is 13.2 Å². The van der Waals surface area contributed by atoms with Crippen LogP contribution in [0.3, 0.4) is 0 Å². The normalized spacial score (nSPS) is 18.9. The van der Waals surface area contributed by atoms with Gasteiger partial charge in [-0.1, -0.05) is 0 Å². The Labute approximate surface area is 161 Å². The van der Waals surface area contributed by atoms with E-state index in [2.05, 4.69) is 20.3 Å². The van der Waals surface area contributed by atoms with Crippen LogP contribution in [-0.4, -0.2) is 50.8 Å². The van der Waals surface area contributed by atoms with Gasteiger partial charge in [-0.15, -0.1) is 0 Å². The fourth-order valence-electron chi connectivity index (χ4n) is 3.37. The molecular weight excluding hydrogens is 364 g/mol. The number of anilines is 2. The van der Waals surface area contributed by atoms with Crippen molar-refractivity contribution in [2.45, 2.75) is 45.6 Å². The summed E-state index contributed by atoms with van der Waals surface area (Å²) in [6.07, 6.45) is 4.71. The van der Waals surface area contributed by atoms with Gasteiger partial charge < -0.3 is 15.5 Å². The van der Waals surface area contributed by atoms with Gasteiger partial charge in [0.25, 0.3) is 0 Å². The summed E-state index contributed by atoms with van der Waals surface area (Å²) >= 11 is 0. The van der Waals surface area contributed by atoms with Gasteiger partial charge in [-0.25, -0.2) is 13.2 Å². The molecule has 2 aliphatic rings. The molecular formula is C19H30N4O3S. The number of benzene rings is 1. The summed E-state index contributed by atoms with van der Waals surface area (Å²) in [6, 6.07) is 5.15. The quantitative estimate of drug-likeness (QED) is 0.663. The molecule has 0 bridgehead atoms. The molecule has 1 heterocycles. The van der Waals surface area contributed by atoms with Crippen LogP contribution >= 0.6 is 0 Å². The molecule has 0 unspecified atom stereocenters. The predicted molar refractivity (Wildman–Crippen MR) is 109 cm³/mol. The van der Waals surface area contributed by atoms with Gasteiger partial charge in [0.2, 0.25) is 10.0 Å². The van der Waals surface area contributed by atoms with Crippen molar-refractivity contribution in [3.63, 3.8) is 0 Å². The van der Waals surface area contributed by atoms with Crippen molar-refractivity contribution in [3.05, 3.63) is 23.8 Å². The van der Waals surface area contributed by atoms with E-state index in [0.717, 1.165) is 37.4 Å². The van der Waals surface area contributed by atoms with Gasteiger partial charge in [-0.2, -0.15) is 0 Å². The summed E-state index contributed by atoms with van der Waals surface area (Å²) in [5, 5.41) is 5.90. The molecule has 27 heavy (non-hydrogen) atoms. The third kappa shape index (κ3) is 6.10. The number of carbonyl (C=O) groups is 1. The molecule has 1 aromatic rings. The monoisotopic (exact) mass is 394 g/mol. The number of nitrogens with one attached hydrogen (secondary N) is 3. The zero-order chi connectivity index (χ0) is 19.4. The van der Waals surface area contributed by atoms with Crippen LogP contribution in [0.4, 0.5) is 16.2 Å². The minimum atomic E-state index is -3.31. The molecule has 8 heteroatoms. The Balaban J connectivity index is 1.47. The molecule has 1 aliphatic carbocycles. The third-order valence-electron chi connectivity index (χ3n) is 5.27. The summed E-state index contributed by atoms with van der Waals surface area (Å²) in [4.78, 5) is 14.8. The first-order valence-corrected chi connectivity index (χ1v) is 11.4. The molecule has 0 aromatic heterocycles. The second-order valence-corrected chi connectivity index (χ2v) is 9.66. The first-order valence-electron chi connectivity index (χ1n) is 9.75. The van der Waals surface area contributed by atoms with Crippen molar-refractivity contribution >= 4 is 27.4 Å². The summed E-state index contributed by atoms with van der Waals surface area (Å²) < 4.78 is 25.9. The predicted octanol–water partition coefficient (Wildman–Crippen LogP) is 2.75. The van der Waals surface area contributed by atoms with Crippen molar-refractivity contribution in [1.29, 1.82) is 0 Å². The molecule has 0 spiro atoms. The molecule has 1 aromatic carbocycles. The highest BCUT2D eigenvalue weighted by Gasteiger charge is 2.27. The van der Waals surface area contributed by atoms with E-state index in [0.29, 0.717) is 11.4 Å². The molecule has 0 radical (unpaired) electrons. The van der Waals surface area contributed by atoms with E-state index < -0.39 is 10.0 Å². The molecule has 3 N–H and O–H groups in total. The highest BCUT2D eigenvalue weighted by Crippen LogP contribution is 2.30. The number of urea groups is 1. The topological polar surface area (TPSA) is 90.5 Å². The van der Waals surface area contributed by atoms with Crippen LogP contribution in [0.2, 0.25) is 0 Å². The van der Waals surface area contributed by atoms with Crippen LogP contribution in [0, 0.1) is 12.8 Å². The Morgan fingerprint density at radius 1 is 1.19 bits per heavy atom. The first-order chi connectivity index (χ1) is 12.8. The minimum Gasteiger partial charge on any atom is -0.335 e. The molecule has 150 valence electrons. The van der Waals surface area contributed by atoms with E-state index >= 15 is 0 Å². The van der Waals surface area contributed by atoms with Crippen LogP contribution in [0.15, 0.2) is 18.2 Å². The molecule has 2 amide bonds. The smallest absolute Gasteiger partial charge is 0.319 e. The lowest BCUT2D eigenvalue weighted by Gasteiger charge is -2.32. The second kappa shape index (κ2) is 8.48. The summed E-state index contributed by atoms with van der Waals surface area (Å²) in [5.41, 5.74) is 1.94. The largest absolute Gasteiger partial charge is 0.335 e. The molecule has 2 fully saturated rings. The summed E-state index contributed by atoms with van der Waals surface area (Å²) in [6.45, 7) is 6.71. The van der Waals surface area contributed by atoms with Crippen molar-refractivity contribution in [1.82, 2.24) is 10.2 Å². The minimum absolute atomic E-state index is 0.0221. The number of piperidine rings is 1. The van der Waals surface area contributed by atoms with E-state index in [1.165, 1.54) is 19.4 Å². The molecule has 3 rings (SSSR count). The number of nitrogens with zero attached hydrogens (tertiary/aromatic N) is 1. The Morgan fingerprint density at radius 3 is 2.48 bits per heavy atom. The zero-order valence-electron chi connectivity index (χ0n) is 16.1. The average molecular weight is 395 g/mol. The molecule has 1 saturated carbocycles. The van der Waals surface area contributed by atoms with Crippen molar-refractivity contribution < 1.29 is 13.2 Å². The van der Waals surface area contributed by atoms with Gasteiger partial charge in [0.1, 0.15) is 0 Å². The molecule has 1 aliphatic heterocycles. The van der Waals surface area contributed by atoms with E-state index in [4.69, 9.17) is 0 Å². The van der Waals surface area contributed by atoms with E-state index in [1.54, 1.807) is 25.1 Å². The first kappa shape index (κ1) is 19.9. The lowest BCUT2D eigenvalue weighted by molar-refractivity contribution is 0.190. The van der Waals surface area contributed by atoms with Gasteiger partial charge in [0, 0.05) is 31.4 Å². The number of hydrogen-bond acceptors (Lipinski definition) is 4. The van der Waals surface area contributed by atoms with Gasteiger partial charge in [-0.05, 0) is 69.2 Å². The molecule has 7 nitrogen and oxygen atoms in total. The maximum Gasteiger partial charge on any atom is 0.319 e. The van der Waals surface area contributed by atoms with Gasteiger partial charge in [-0.3, -0.25) is 4.72 Å². The lowest BCUT2D eigenvalue weighted by atomic mass is 10.0. The van der Waals surface area contributed by atoms with Crippen molar-refractivity contribution in [3.8, 4) is 0 Å². The number of aryl methyl sites for hydroxylation is 1. The number of rotatable bonds is 7. The summed E-state index contributed by atoms with van der Waals surface area (Å²) in [7, 11) is -3.31. The number of hydrogen-bond donors (Lipinski definition) is 3. The van der Waals surface area contributed by atoms with Gasteiger partial charge in [0.15, 0.2) is 0 Å². The van der Waals surface area contributed by atoms with Crippen LogP contribution in [-0.2, 0) is 10.0 Å². The Bertz CT molecular complexity index is 769. The van der Waals surface area contributed by atoms with E-state index in [1.807, 2.05) is 6.92 Å². The van der Waals surface area contributed by atoms with Gasteiger partial charge in [0.05, 0.1) is 11.4 Å². The van der Waals surface area contributed by atoms with Crippen molar-refractivity contribution in [2.75, 3.05) is 35.4 Å². The van der Waals surface area contributed by atoms with Crippen molar-refractivity contribution in [2.24, 2.45) is 5.92 Å². The Kier molecular flexibility index (Phi) is 6.26. The Morgan fingerprint density at radius 2 is 1.89 bits per heavy atom. The zero-order valence-corrected chi connectivity index (χ0v) is 16.9. The number of likely N-dealkylation sites (tertiary alicyclic amines) is 1. The Hall–Kier alpha value is -1.80. The SMILES string of the molecule is CCS(=O)(=O)Nc1ccc(NC(=O)NC2CCN(CC3CC3)CC2)cc1C. The average Bonchev–Trinajstić information content (AvgIpc) is 3.43. The van der Waals surface area contributed by atoms with Crippen LogP contribution in [0.5, 0.6) is 0 Å². The van der Waals surface area contributed by atoms with Gasteiger partial charge >= 0.3 is 6.03 Å². The standard InChI is InChI=1S/C19H30N4O3S/c1-3-27(25,26)22-18-7-6-17(12-14(18)2)21-19(24)20-16-8-10-23(11-9-16)13-15-4-5-15/h6-7,12,15-16,22H,3-5,8-11,13H2,1-2H3,(H2,20,21,24). The molecule has 0 atom stereocenters. The fraction of sp³-hybridized carbons (Fsp3) is 0.632. The lowest BCUT2D eigenvalue weighted by Crippen LogP contribution is -2.46. The van der Waals surface area contributed by atoms with E-state index in [-0.39, 0.29) is 17.8 Å². The maximum atomic E-state index is 12.3. The number of amides is 2. The highest BCUT2D eigenvalue weighted by atomic mass is 32.2. The highest BCUT2D eigenvalue weighted by molar-refractivity contribution is 7.92. The number of sulfonamides is 1. The fourth-order valence-corrected chi connectivity index (χ4v) is 4.08.